The standard InChI is InChI=1S/C9H9N3OS2.ClH/c13-7(5-1-3-10-5)12-9-11-6-2-4-14-8(6)15-9;/h2,4-5,10H,1,3H2,(H,11,12,13);1H/t5-;/m1./s1. The van der Waals surface area contributed by atoms with Gasteiger partial charge in [-0.1, -0.05) is 11.3 Å². The van der Waals surface area contributed by atoms with E-state index in [1.165, 1.54) is 11.3 Å². The number of nitrogens with one attached hydrogen (secondary N) is 2. The summed E-state index contributed by atoms with van der Waals surface area (Å²) in [7, 11) is 0. The van der Waals surface area contributed by atoms with E-state index in [4.69, 9.17) is 0 Å². The molecule has 1 amide bonds. The van der Waals surface area contributed by atoms with E-state index < -0.39 is 0 Å². The number of hydrogen-bond acceptors (Lipinski definition) is 5. The van der Waals surface area contributed by atoms with Gasteiger partial charge in [-0.25, -0.2) is 4.98 Å². The summed E-state index contributed by atoms with van der Waals surface area (Å²) in [5.41, 5.74) is 0.974. The Bertz CT molecular complexity index is 477. The predicted octanol–water partition coefficient (Wildman–Crippen LogP) is 2.08. The summed E-state index contributed by atoms with van der Waals surface area (Å²) in [5, 5.41) is 8.60. The molecule has 0 aromatic carbocycles. The number of anilines is 1. The lowest BCUT2D eigenvalue weighted by atomic mass is 10.1. The van der Waals surface area contributed by atoms with Crippen LogP contribution in [0.25, 0.3) is 9.53 Å². The summed E-state index contributed by atoms with van der Waals surface area (Å²) in [5.74, 6) is 0.0302. The summed E-state index contributed by atoms with van der Waals surface area (Å²) in [6, 6.07) is 1.94. The second kappa shape index (κ2) is 4.67. The van der Waals surface area contributed by atoms with Crippen molar-refractivity contribution >= 4 is 55.6 Å². The fourth-order valence-corrected chi connectivity index (χ4v) is 3.27. The van der Waals surface area contributed by atoms with E-state index >= 15 is 0 Å². The lowest BCUT2D eigenvalue weighted by Gasteiger charge is -2.25. The van der Waals surface area contributed by atoms with Crippen LogP contribution in [-0.2, 0) is 4.79 Å². The van der Waals surface area contributed by atoms with Gasteiger partial charge in [0.2, 0.25) is 5.91 Å². The first-order valence-corrected chi connectivity index (χ1v) is 6.41. The topological polar surface area (TPSA) is 54.0 Å². The Kier molecular flexibility index (Phi) is 3.44. The summed E-state index contributed by atoms with van der Waals surface area (Å²) < 4.78 is 1.16. The average Bonchev–Trinajstić information content (AvgIpc) is 2.58. The molecule has 0 saturated carbocycles. The number of fused-ring (bicyclic) bond motifs is 1. The number of carbonyl (C=O) groups excluding carboxylic acids is 1. The number of thiazole rings is 1. The Morgan fingerprint density at radius 3 is 3.06 bits per heavy atom. The van der Waals surface area contributed by atoms with Crippen molar-refractivity contribution in [3.05, 3.63) is 11.4 Å². The number of nitrogens with zero attached hydrogens (tertiary/aromatic N) is 1. The van der Waals surface area contributed by atoms with Crippen molar-refractivity contribution in [1.29, 1.82) is 0 Å². The van der Waals surface area contributed by atoms with Crippen LogP contribution in [0.1, 0.15) is 6.42 Å². The molecule has 4 nitrogen and oxygen atoms in total. The Morgan fingerprint density at radius 2 is 2.44 bits per heavy atom. The van der Waals surface area contributed by atoms with Crippen molar-refractivity contribution in [1.82, 2.24) is 10.3 Å². The van der Waals surface area contributed by atoms with Gasteiger partial charge in [0.25, 0.3) is 0 Å². The highest BCUT2D eigenvalue weighted by Gasteiger charge is 2.25. The molecule has 1 fully saturated rings. The fourth-order valence-electron chi connectivity index (χ4n) is 1.43. The van der Waals surface area contributed by atoms with E-state index in [0.29, 0.717) is 5.13 Å². The number of aromatic nitrogens is 1. The first kappa shape index (κ1) is 11.8. The van der Waals surface area contributed by atoms with Crippen molar-refractivity contribution in [2.24, 2.45) is 0 Å². The Morgan fingerprint density at radius 1 is 1.62 bits per heavy atom. The minimum absolute atomic E-state index is 0. The first-order valence-electron chi connectivity index (χ1n) is 4.71. The van der Waals surface area contributed by atoms with Crippen molar-refractivity contribution < 1.29 is 4.79 Å². The van der Waals surface area contributed by atoms with E-state index in [2.05, 4.69) is 15.6 Å². The largest absolute Gasteiger partial charge is 0.306 e. The zero-order valence-corrected chi connectivity index (χ0v) is 10.7. The van der Waals surface area contributed by atoms with Gasteiger partial charge in [-0.05, 0) is 24.4 Å². The van der Waals surface area contributed by atoms with Gasteiger partial charge in [0.15, 0.2) is 5.13 Å². The van der Waals surface area contributed by atoms with Gasteiger partial charge in [-0.15, -0.1) is 23.7 Å². The number of rotatable bonds is 2. The van der Waals surface area contributed by atoms with Crippen LogP contribution in [0.15, 0.2) is 11.4 Å². The molecule has 0 unspecified atom stereocenters. The van der Waals surface area contributed by atoms with Crippen LogP contribution in [0.3, 0.4) is 0 Å². The van der Waals surface area contributed by atoms with E-state index in [-0.39, 0.29) is 24.4 Å². The van der Waals surface area contributed by atoms with Gasteiger partial charge in [0, 0.05) is 0 Å². The molecule has 2 N–H and O–H groups in total. The molecule has 2 aromatic rings. The molecule has 1 saturated heterocycles. The second-order valence-corrected chi connectivity index (χ2v) is 5.57. The smallest absolute Gasteiger partial charge is 0.243 e. The maximum Gasteiger partial charge on any atom is 0.243 e. The zero-order chi connectivity index (χ0) is 10.3. The molecule has 0 spiro atoms. The molecule has 1 aliphatic heterocycles. The molecule has 0 aliphatic carbocycles. The van der Waals surface area contributed by atoms with Crippen molar-refractivity contribution in [3.8, 4) is 0 Å². The Balaban J connectivity index is 0.000000963. The monoisotopic (exact) mass is 275 g/mol. The molecule has 2 aromatic heterocycles. The number of hydrogen-bond donors (Lipinski definition) is 2. The Labute approximate surface area is 106 Å². The molecule has 7 heteroatoms. The fraction of sp³-hybridized carbons (Fsp3) is 0.333. The van der Waals surface area contributed by atoms with Gasteiger partial charge < -0.3 is 10.6 Å². The third-order valence-corrected chi connectivity index (χ3v) is 4.41. The molecule has 1 atom stereocenters. The summed E-state index contributed by atoms with van der Waals surface area (Å²) >= 11 is 3.18. The number of carbonyl (C=O) groups is 1. The zero-order valence-electron chi connectivity index (χ0n) is 8.23. The van der Waals surface area contributed by atoms with Crippen LogP contribution in [0.2, 0.25) is 0 Å². The molecule has 86 valence electrons. The summed E-state index contributed by atoms with van der Waals surface area (Å²) in [4.78, 5) is 15.9. The van der Waals surface area contributed by atoms with E-state index in [0.717, 1.165) is 22.5 Å². The van der Waals surface area contributed by atoms with E-state index in [9.17, 15) is 4.79 Å². The highest BCUT2D eigenvalue weighted by atomic mass is 35.5. The van der Waals surface area contributed by atoms with E-state index in [1.54, 1.807) is 11.3 Å². The third kappa shape index (κ3) is 2.06. The van der Waals surface area contributed by atoms with Gasteiger partial charge in [0.1, 0.15) is 4.01 Å². The number of amides is 1. The van der Waals surface area contributed by atoms with Crippen LogP contribution >= 0.6 is 35.1 Å². The normalized spacial score (nSPS) is 18.9. The highest BCUT2D eigenvalue weighted by molar-refractivity contribution is 7.39. The third-order valence-electron chi connectivity index (χ3n) is 2.39. The molecular formula is C9H10ClN3OS2. The predicted molar refractivity (Wildman–Crippen MR) is 69.8 cm³/mol. The molecule has 1 aliphatic rings. The molecule has 3 heterocycles. The molecule has 0 bridgehead atoms. The lowest BCUT2D eigenvalue weighted by molar-refractivity contribution is -0.119. The first-order chi connectivity index (χ1) is 7.33. The molecule has 3 rings (SSSR count). The van der Waals surface area contributed by atoms with Gasteiger partial charge >= 0.3 is 0 Å². The van der Waals surface area contributed by atoms with Crippen LogP contribution in [0.5, 0.6) is 0 Å². The van der Waals surface area contributed by atoms with Crippen LogP contribution in [-0.4, -0.2) is 23.5 Å². The maximum absolute atomic E-state index is 11.6. The van der Waals surface area contributed by atoms with Gasteiger partial charge in [0.05, 0.1) is 11.6 Å². The number of thiophene rings is 1. The summed E-state index contributed by atoms with van der Waals surface area (Å²) in [6.07, 6.45) is 0.922. The van der Waals surface area contributed by atoms with Crippen molar-refractivity contribution in [3.63, 3.8) is 0 Å². The quantitative estimate of drug-likeness (QED) is 0.882. The molecule has 0 radical (unpaired) electrons. The molecule has 16 heavy (non-hydrogen) atoms. The Hall–Kier alpha value is -0.690. The number of halogens is 1. The highest BCUT2D eigenvalue weighted by Crippen LogP contribution is 2.30. The minimum atomic E-state index is -0.0214. The lowest BCUT2D eigenvalue weighted by Crippen LogP contribution is -2.50. The second-order valence-electron chi connectivity index (χ2n) is 3.40. The van der Waals surface area contributed by atoms with Gasteiger partial charge in [-0.3, -0.25) is 4.79 Å². The summed E-state index contributed by atoms with van der Waals surface area (Å²) in [6.45, 7) is 0.936. The van der Waals surface area contributed by atoms with Crippen molar-refractivity contribution in [2.45, 2.75) is 12.5 Å². The van der Waals surface area contributed by atoms with Crippen LogP contribution in [0, 0.1) is 0 Å². The van der Waals surface area contributed by atoms with Crippen LogP contribution < -0.4 is 10.6 Å². The maximum atomic E-state index is 11.6. The van der Waals surface area contributed by atoms with Crippen molar-refractivity contribution in [2.75, 3.05) is 11.9 Å². The van der Waals surface area contributed by atoms with Crippen LogP contribution in [0.4, 0.5) is 5.13 Å². The average molecular weight is 276 g/mol. The minimum Gasteiger partial charge on any atom is -0.306 e. The van der Waals surface area contributed by atoms with Gasteiger partial charge in [-0.2, -0.15) is 0 Å². The molecular weight excluding hydrogens is 266 g/mol. The SMILES string of the molecule is Cl.O=C(Nc1nc2ccsc2s1)[C@H]1CCN1. The van der Waals surface area contributed by atoms with E-state index in [1.807, 2.05) is 11.4 Å².